The van der Waals surface area contributed by atoms with E-state index in [4.69, 9.17) is 11.6 Å². The molecule has 0 N–H and O–H groups in total. The van der Waals surface area contributed by atoms with Crippen molar-refractivity contribution in [2.45, 2.75) is 6.92 Å². The zero-order chi connectivity index (χ0) is 11.0. The third-order valence-electron chi connectivity index (χ3n) is 2.28. The average Bonchev–Trinajstić information content (AvgIpc) is 2.66. The van der Waals surface area contributed by atoms with Gasteiger partial charge in [0.25, 0.3) is 0 Å². The summed E-state index contributed by atoms with van der Waals surface area (Å²) in [5, 5.41) is 0.635. The highest BCUT2D eigenvalue weighted by molar-refractivity contribution is 6.31. The third kappa shape index (κ3) is 1.47. The molecule has 0 atom stereocenters. The molecule has 0 amide bonds. The molecule has 0 aliphatic rings. The van der Waals surface area contributed by atoms with E-state index in [9.17, 15) is 4.79 Å². The quantitative estimate of drug-likeness (QED) is 0.697. The molecular weight excluding hydrogens is 216 g/mol. The van der Waals surface area contributed by atoms with Crippen molar-refractivity contribution in [3.63, 3.8) is 0 Å². The molecule has 0 aliphatic heterocycles. The van der Waals surface area contributed by atoms with E-state index in [0.29, 0.717) is 16.2 Å². The molecule has 0 aromatic carbocycles. The number of fused-ring (bicyclic) bond motifs is 1. The Bertz CT molecular complexity index is 533. The van der Waals surface area contributed by atoms with E-state index in [1.54, 1.807) is 22.9 Å². The topological polar surface area (TPSA) is 43.6 Å². The van der Waals surface area contributed by atoms with Crippen molar-refractivity contribution < 1.29 is 9.53 Å². The lowest BCUT2D eigenvalue weighted by molar-refractivity contribution is 0.0597. The van der Waals surface area contributed by atoms with Gasteiger partial charge in [0.1, 0.15) is 6.33 Å². The first-order valence-corrected chi connectivity index (χ1v) is 4.73. The molecule has 0 unspecified atom stereocenters. The van der Waals surface area contributed by atoms with Crippen LogP contribution < -0.4 is 0 Å². The van der Waals surface area contributed by atoms with Crippen LogP contribution in [0.5, 0.6) is 0 Å². The fourth-order valence-corrected chi connectivity index (χ4v) is 1.58. The monoisotopic (exact) mass is 224 g/mol. The summed E-state index contributed by atoms with van der Waals surface area (Å²) >= 11 is 5.95. The summed E-state index contributed by atoms with van der Waals surface area (Å²) in [6, 6.07) is 3.48. The maximum Gasteiger partial charge on any atom is 0.358 e. The Morgan fingerprint density at radius 1 is 1.53 bits per heavy atom. The molecule has 0 radical (unpaired) electrons. The number of halogens is 1. The Hall–Kier alpha value is -1.55. The molecule has 2 aromatic rings. The number of carbonyl (C=O) groups excluding carboxylic acids is 1. The number of rotatable bonds is 1. The Morgan fingerprint density at radius 3 is 2.93 bits per heavy atom. The van der Waals surface area contributed by atoms with Crippen LogP contribution in [0.25, 0.3) is 5.52 Å². The van der Waals surface area contributed by atoms with Crippen LogP contribution in [-0.2, 0) is 4.74 Å². The van der Waals surface area contributed by atoms with Gasteiger partial charge in [0.15, 0.2) is 5.69 Å². The minimum Gasteiger partial charge on any atom is -0.464 e. The highest BCUT2D eigenvalue weighted by Gasteiger charge is 2.14. The van der Waals surface area contributed by atoms with Crippen molar-refractivity contribution >= 4 is 23.1 Å². The molecule has 0 bridgehead atoms. The number of aromatic nitrogens is 2. The van der Waals surface area contributed by atoms with E-state index < -0.39 is 5.97 Å². The SMILES string of the molecule is COC(=O)c1ncn2c(C)c(Cl)ccc12. The minimum atomic E-state index is -0.445. The molecule has 2 heterocycles. The number of aryl methyl sites for hydroxylation is 1. The number of nitrogens with zero attached hydrogens (tertiary/aromatic N) is 2. The molecule has 0 aliphatic carbocycles. The third-order valence-corrected chi connectivity index (χ3v) is 2.68. The number of hydrogen-bond donors (Lipinski definition) is 0. The van der Waals surface area contributed by atoms with E-state index >= 15 is 0 Å². The molecule has 0 fully saturated rings. The summed E-state index contributed by atoms with van der Waals surface area (Å²) in [7, 11) is 1.33. The summed E-state index contributed by atoms with van der Waals surface area (Å²) < 4.78 is 6.38. The molecule has 4 nitrogen and oxygen atoms in total. The number of imidazole rings is 1. The maximum absolute atomic E-state index is 11.4. The van der Waals surface area contributed by atoms with Gasteiger partial charge in [-0.25, -0.2) is 9.78 Å². The minimum absolute atomic E-state index is 0.303. The van der Waals surface area contributed by atoms with Crippen LogP contribution in [0.2, 0.25) is 5.02 Å². The number of methoxy groups -OCH3 is 1. The Morgan fingerprint density at radius 2 is 2.27 bits per heavy atom. The van der Waals surface area contributed by atoms with Gasteiger partial charge in [0, 0.05) is 5.69 Å². The van der Waals surface area contributed by atoms with E-state index in [1.807, 2.05) is 6.92 Å². The number of carbonyl (C=O) groups is 1. The van der Waals surface area contributed by atoms with Crippen LogP contribution >= 0.6 is 11.6 Å². The second kappa shape index (κ2) is 3.55. The molecule has 2 aromatic heterocycles. The fourth-order valence-electron chi connectivity index (χ4n) is 1.43. The largest absolute Gasteiger partial charge is 0.464 e. The lowest BCUT2D eigenvalue weighted by Gasteiger charge is -2.02. The molecule has 5 heteroatoms. The summed E-state index contributed by atoms with van der Waals surface area (Å²) in [4.78, 5) is 15.4. The van der Waals surface area contributed by atoms with E-state index in [-0.39, 0.29) is 0 Å². The van der Waals surface area contributed by atoms with Crippen LogP contribution in [0.1, 0.15) is 16.2 Å². The molecule has 0 saturated heterocycles. The highest BCUT2D eigenvalue weighted by Crippen LogP contribution is 2.19. The summed E-state index contributed by atoms with van der Waals surface area (Å²) in [6.45, 7) is 1.86. The zero-order valence-electron chi connectivity index (χ0n) is 8.32. The van der Waals surface area contributed by atoms with Gasteiger partial charge in [-0.05, 0) is 19.1 Å². The zero-order valence-corrected chi connectivity index (χ0v) is 9.08. The second-order valence-electron chi connectivity index (χ2n) is 3.11. The maximum atomic E-state index is 11.4. The van der Waals surface area contributed by atoms with E-state index in [2.05, 4.69) is 9.72 Å². The van der Waals surface area contributed by atoms with Crippen LogP contribution in [0.4, 0.5) is 0 Å². The summed E-state index contributed by atoms with van der Waals surface area (Å²) in [6.07, 6.45) is 1.56. The van der Waals surface area contributed by atoms with Crippen molar-refractivity contribution in [1.82, 2.24) is 9.38 Å². The van der Waals surface area contributed by atoms with Gasteiger partial charge < -0.3 is 9.14 Å². The summed E-state index contributed by atoms with van der Waals surface area (Å²) in [5.41, 5.74) is 1.85. The van der Waals surface area contributed by atoms with Gasteiger partial charge >= 0.3 is 5.97 Å². The first-order valence-electron chi connectivity index (χ1n) is 4.35. The van der Waals surface area contributed by atoms with Crippen molar-refractivity contribution in [1.29, 1.82) is 0 Å². The van der Waals surface area contributed by atoms with Crippen molar-refractivity contribution in [3.8, 4) is 0 Å². The molecule has 2 rings (SSSR count). The number of pyridine rings is 1. The Labute approximate surface area is 91.4 Å². The Balaban J connectivity index is 2.72. The molecule has 15 heavy (non-hydrogen) atoms. The predicted molar refractivity (Wildman–Crippen MR) is 56.3 cm³/mol. The van der Waals surface area contributed by atoms with Crippen LogP contribution in [0, 0.1) is 6.92 Å². The molecule has 0 saturated carbocycles. The van der Waals surface area contributed by atoms with Gasteiger partial charge in [-0.15, -0.1) is 0 Å². The van der Waals surface area contributed by atoms with Gasteiger partial charge in [-0.2, -0.15) is 0 Å². The Kier molecular flexibility index (Phi) is 2.36. The van der Waals surface area contributed by atoms with E-state index in [0.717, 1.165) is 5.69 Å². The molecular formula is C10H9ClN2O2. The van der Waals surface area contributed by atoms with Gasteiger partial charge in [-0.1, -0.05) is 11.6 Å². The summed E-state index contributed by atoms with van der Waals surface area (Å²) in [5.74, 6) is -0.445. The van der Waals surface area contributed by atoms with Crippen LogP contribution in [-0.4, -0.2) is 22.5 Å². The lowest BCUT2D eigenvalue weighted by atomic mass is 10.3. The van der Waals surface area contributed by atoms with E-state index in [1.165, 1.54) is 7.11 Å². The predicted octanol–water partition coefficient (Wildman–Crippen LogP) is 2.08. The van der Waals surface area contributed by atoms with Gasteiger partial charge in [0.05, 0.1) is 17.6 Å². The van der Waals surface area contributed by atoms with Crippen molar-refractivity contribution in [2.24, 2.45) is 0 Å². The first kappa shape index (κ1) is 9.98. The number of esters is 1. The smallest absolute Gasteiger partial charge is 0.358 e. The standard InChI is InChI=1S/C10H9ClN2O2/c1-6-7(11)3-4-8-9(10(14)15-2)12-5-13(6)8/h3-5H,1-2H3. The second-order valence-corrected chi connectivity index (χ2v) is 3.51. The first-order chi connectivity index (χ1) is 7.15. The van der Waals surface area contributed by atoms with Crippen molar-refractivity contribution in [2.75, 3.05) is 7.11 Å². The highest BCUT2D eigenvalue weighted by atomic mass is 35.5. The average molecular weight is 225 g/mol. The number of ether oxygens (including phenoxy) is 1. The van der Waals surface area contributed by atoms with Crippen LogP contribution in [0.3, 0.4) is 0 Å². The lowest BCUT2D eigenvalue weighted by Crippen LogP contribution is -2.02. The molecule has 0 spiro atoms. The molecule has 78 valence electrons. The normalized spacial score (nSPS) is 10.6. The van der Waals surface area contributed by atoms with Crippen LogP contribution in [0.15, 0.2) is 18.5 Å². The fraction of sp³-hybridized carbons (Fsp3) is 0.200. The van der Waals surface area contributed by atoms with Gasteiger partial charge in [-0.3, -0.25) is 0 Å². The van der Waals surface area contributed by atoms with Gasteiger partial charge in [0.2, 0.25) is 0 Å². The van der Waals surface area contributed by atoms with Crippen molar-refractivity contribution in [3.05, 3.63) is 34.9 Å². The number of hydrogen-bond acceptors (Lipinski definition) is 3.